The number of nitrogens with zero attached hydrogens (tertiary/aromatic N) is 1. The number of aliphatic carboxylic acids is 1. The third-order valence-corrected chi connectivity index (χ3v) is 3.86. The van der Waals surface area contributed by atoms with E-state index in [4.69, 9.17) is 5.11 Å². The maximum absolute atomic E-state index is 12.0. The summed E-state index contributed by atoms with van der Waals surface area (Å²) in [6.07, 6.45) is 4.62. The number of carbonyl (C=O) groups is 2. The molecule has 0 aliphatic rings. The zero-order chi connectivity index (χ0) is 17.1. The molecule has 3 N–H and O–H groups in total. The molecule has 0 atom stereocenters. The van der Waals surface area contributed by atoms with Crippen LogP contribution < -0.4 is 5.32 Å². The number of fused-ring (bicyclic) bond motifs is 1. The van der Waals surface area contributed by atoms with Gasteiger partial charge in [-0.25, -0.2) is 4.98 Å². The van der Waals surface area contributed by atoms with E-state index in [9.17, 15) is 9.59 Å². The van der Waals surface area contributed by atoms with Crippen LogP contribution in [0.25, 0.3) is 22.2 Å². The molecule has 0 saturated heterocycles. The first-order chi connectivity index (χ1) is 11.6. The van der Waals surface area contributed by atoms with Crippen molar-refractivity contribution >= 4 is 22.9 Å². The van der Waals surface area contributed by atoms with Gasteiger partial charge in [-0.15, -0.1) is 0 Å². The molecule has 0 fully saturated rings. The van der Waals surface area contributed by atoms with Gasteiger partial charge in [0, 0.05) is 28.9 Å². The highest BCUT2D eigenvalue weighted by atomic mass is 16.4. The molecule has 0 aliphatic heterocycles. The minimum absolute atomic E-state index is 0.403. The Kier molecular flexibility index (Phi) is 4.29. The minimum atomic E-state index is -1.08. The predicted molar refractivity (Wildman–Crippen MR) is 90.9 cm³/mol. The summed E-state index contributed by atoms with van der Waals surface area (Å²) in [5, 5.41) is 12.1. The average molecular weight is 323 g/mol. The number of H-pyrrole nitrogens is 1. The van der Waals surface area contributed by atoms with Gasteiger partial charge in [-0.05, 0) is 35.7 Å². The van der Waals surface area contributed by atoms with Gasteiger partial charge >= 0.3 is 5.97 Å². The maximum Gasteiger partial charge on any atom is 0.322 e. The van der Waals surface area contributed by atoms with Crippen molar-refractivity contribution in [2.24, 2.45) is 0 Å². The molecule has 6 nitrogen and oxygen atoms in total. The lowest BCUT2D eigenvalue weighted by Gasteiger charge is -2.06. The molecular weight excluding hydrogens is 306 g/mol. The number of carbonyl (C=O) groups excluding carboxylic acids is 1. The number of carboxylic acid groups (broad SMARTS) is 1. The number of hydrogen-bond acceptors (Lipinski definition) is 3. The first kappa shape index (κ1) is 15.7. The number of nitrogens with one attached hydrogen (secondary N) is 2. The number of aromatic nitrogens is 2. The molecule has 24 heavy (non-hydrogen) atoms. The summed E-state index contributed by atoms with van der Waals surface area (Å²) in [7, 11) is 0. The van der Waals surface area contributed by atoms with Crippen molar-refractivity contribution in [2.75, 3.05) is 6.54 Å². The van der Waals surface area contributed by atoms with Crippen LogP contribution in [0.5, 0.6) is 0 Å². The van der Waals surface area contributed by atoms with Gasteiger partial charge in [-0.3, -0.25) is 9.59 Å². The number of carboxylic acids is 1. The van der Waals surface area contributed by atoms with Gasteiger partial charge in [0.15, 0.2) is 0 Å². The third-order valence-electron chi connectivity index (χ3n) is 3.86. The third kappa shape index (κ3) is 3.12. The van der Waals surface area contributed by atoms with Gasteiger partial charge in [0.2, 0.25) is 0 Å². The number of aryl methyl sites for hydroxylation is 1. The summed E-state index contributed by atoms with van der Waals surface area (Å²) in [6, 6.07) is 9.10. The second-order valence-corrected chi connectivity index (χ2v) is 5.44. The van der Waals surface area contributed by atoms with Gasteiger partial charge in [0.1, 0.15) is 12.2 Å². The molecule has 1 amide bonds. The van der Waals surface area contributed by atoms with E-state index in [0.717, 1.165) is 28.6 Å². The van der Waals surface area contributed by atoms with Crippen LogP contribution in [0.15, 0.2) is 42.7 Å². The Bertz CT molecular complexity index is 915. The highest BCUT2D eigenvalue weighted by Gasteiger charge is 2.10. The first-order valence-electron chi connectivity index (χ1n) is 7.65. The molecule has 0 aliphatic carbocycles. The number of rotatable bonds is 5. The molecule has 3 rings (SSSR count). The number of pyridine rings is 1. The largest absolute Gasteiger partial charge is 0.480 e. The van der Waals surface area contributed by atoms with Crippen LogP contribution in [0, 0.1) is 0 Å². The van der Waals surface area contributed by atoms with Crippen LogP contribution in [0.4, 0.5) is 0 Å². The molecule has 0 unspecified atom stereocenters. The quantitative estimate of drug-likeness (QED) is 0.672. The second-order valence-electron chi connectivity index (χ2n) is 5.44. The molecule has 6 heteroatoms. The fourth-order valence-corrected chi connectivity index (χ4v) is 2.61. The summed E-state index contributed by atoms with van der Waals surface area (Å²) in [5.41, 5.74) is 4.21. The van der Waals surface area contributed by atoms with Crippen LogP contribution in [-0.2, 0) is 11.2 Å². The van der Waals surface area contributed by atoms with E-state index in [0.29, 0.717) is 5.56 Å². The van der Waals surface area contributed by atoms with Crippen molar-refractivity contribution in [3.8, 4) is 11.1 Å². The Morgan fingerprint density at radius 1 is 1.25 bits per heavy atom. The monoisotopic (exact) mass is 323 g/mol. The van der Waals surface area contributed by atoms with Gasteiger partial charge in [0.25, 0.3) is 5.91 Å². The van der Waals surface area contributed by atoms with E-state index in [1.165, 1.54) is 5.56 Å². The molecule has 1 aromatic carbocycles. The number of benzene rings is 1. The van der Waals surface area contributed by atoms with Crippen LogP contribution in [-0.4, -0.2) is 33.5 Å². The summed E-state index contributed by atoms with van der Waals surface area (Å²) < 4.78 is 0. The molecule has 122 valence electrons. The van der Waals surface area contributed by atoms with Gasteiger partial charge in [-0.2, -0.15) is 0 Å². The van der Waals surface area contributed by atoms with Crippen molar-refractivity contribution < 1.29 is 14.7 Å². The van der Waals surface area contributed by atoms with E-state index in [2.05, 4.69) is 22.2 Å². The highest BCUT2D eigenvalue weighted by molar-refractivity contribution is 5.97. The van der Waals surface area contributed by atoms with Crippen molar-refractivity contribution in [2.45, 2.75) is 13.3 Å². The van der Waals surface area contributed by atoms with Crippen molar-refractivity contribution in [1.82, 2.24) is 15.3 Å². The van der Waals surface area contributed by atoms with Gasteiger partial charge < -0.3 is 15.4 Å². The zero-order valence-electron chi connectivity index (χ0n) is 13.2. The van der Waals surface area contributed by atoms with Crippen LogP contribution in [0.2, 0.25) is 0 Å². The molecule has 0 radical (unpaired) electrons. The SMILES string of the molecule is CCc1c[nH]c2ncc(-c3cccc(C(=O)NCC(=O)O)c3)cc12. The van der Waals surface area contributed by atoms with E-state index in [1.54, 1.807) is 24.4 Å². The average Bonchev–Trinajstić information content (AvgIpc) is 3.02. The smallest absolute Gasteiger partial charge is 0.322 e. The number of amides is 1. The fraction of sp³-hybridized carbons (Fsp3) is 0.167. The van der Waals surface area contributed by atoms with E-state index in [1.807, 2.05) is 18.3 Å². The Morgan fingerprint density at radius 3 is 2.83 bits per heavy atom. The summed E-state index contributed by atoms with van der Waals surface area (Å²) in [5.74, 6) is -1.49. The Balaban J connectivity index is 1.93. The van der Waals surface area contributed by atoms with Crippen molar-refractivity contribution in [1.29, 1.82) is 0 Å². The topological polar surface area (TPSA) is 95.1 Å². The predicted octanol–water partition coefficient (Wildman–Crippen LogP) is 2.61. The Morgan fingerprint density at radius 2 is 2.08 bits per heavy atom. The fourth-order valence-electron chi connectivity index (χ4n) is 2.61. The van der Waals surface area contributed by atoms with E-state index >= 15 is 0 Å². The van der Waals surface area contributed by atoms with Gasteiger partial charge in [-0.1, -0.05) is 19.1 Å². The number of hydrogen-bond donors (Lipinski definition) is 3. The summed E-state index contributed by atoms with van der Waals surface area (Å²) in [6.45, 7) is 1.68. The summed E-state index contributed by atoms with van der Waals surface area (Å²) >= 11 is 0. The van der Waals surface area contributed by atoms with Gasteiger partial charge in [0.05, 0.1) is 0 Å². The highest BCUT2D eigenvalue weighted by Crippen LogP contribution is 2.25. The van der Waals surface area contributed by atoms with Crippen molar-refractivity contribution in [3.63, 3.8) is 0 Å². The van der Waals surface area contributed by atoms with E-state index < -0.39 is 18.4 Å². The molecule has 0 spiro atoms. The van der Waals surface area contributed by atoms with Crippen LogP contribution in [0.3, 0.4) is 0 Å². The van der Waals surface area contributed by atoms with Crippen molar-refractivity contribution in [3.05, 3.63) is 53.9 Å². The number of aromatic amines is 1. The first-order valence-corrected chi connectivity index (χ1v) is 7.65. The zero-order valence-corrected chi connectivity index (χ0v) is 13.2. The minimum Gasteiger partial charge on any atom is -0.480 e. The van der Waals surface area contributed by atoms with Crippen LogP contribution in [0.1, 0.15) is 22.8 Å². The Hall–Kier alpha value is -3.15. The normalized spacial score (nSPS) is 10.7. The van der Waals surface area contributed by atoms with E-state index in [-0.39, 0.29) is 0 Å². The summed E-state index contributed by atoms with van der Waals surface area (Å²) in [4.78, 5) is 30.1. The van der Waals surface area contributed by atoms with Crippen LogP contribution >= 0.6 is 0 Å². The Labute approximate surface area is 138 Å². The second kappa shape index (κ2) is 6.54. The lowest BCUT2D eigenvalue weighted by molar-refractivity contribution is -0.135. The molecule has 2 aromatic heterocycles. The molecular formula is C18H17N3O3. The standard InChI is InChI=1S/C18H17N3O3/c1-2-11-8-19-17-15(11)7-14(9-20-17)12-4-3-5-13(6-12)18(24)21-10-16(22)23/h3-9H,2,10H2,1H3,(H,19,20)(H,21,24)(H,22,23). The molecule has 2 heterocycles. The molecule has 0 saturated carbocycles. The molecule has 3 aromatic rings. The molecule has 0 bridgehead atoms. The lowest BCUT2D eigenvalue weighted by Crippen LogP contribution is -2.29. The maximum atomic E-state index is 12.0. The lowest BCUT2D eigenvalue weighted by atomic mass is 10.0.